The fraction of sp³-hybridized carbons (Fsp3) is 0.214. The minimum absolute atomic E-state index is 0.234. The van der Waals surface area contributed by atoms with Crippen molar-refractivity contribution in [2.45, 2.75) is 32.5 Å². The fourth-order valence-corrected chi connectivity index (χ4v) is 4.09. The molecule has 0 unspecified atom stereocenters. The highest BCUT2D eigenvalue weighted by Crippen LogP contribution is 2.24. The molecule has 4 aromatic rings. The van der Waals surface area contributed by atoms with E-state index >= 15 is 0 Å². The first-order valence-electron chi connectivity index (χ1n) is 12.5. The van der Waals surface area contributed by atoms with Gasteiger partial charge >= 0.3 is 12.4 Å². The van der Waals surface area contributed by atoms with Crippen molar-refractivity contribution >= 4 is 29.0 Å². The highest BCUT2D eigenvalue weighted by atomic mass is 32.1. The van der Waals surface area contributed by atoms with Crippen molar-refractivity contribution < 1.29 is 22.7 Å². The molecule has 2 amide bonds. The number of halogens is 3. The molecule has 0 atom stereocenters. The first kappa shape index (κ1) is 28.6. The number of amides is 2. The summed E-state index contributed by atoms with van der Waals surface area (Å²) in [6, 6.07) is 20.5. The molecule has 12 heteroatoms. The molecule has 3 N–H and O–H groups in total. The number of thiocarbonyl (C=S) groups is 1. The molecular weight excluding hydrogens is 541 g/mol. The zero-order valence-corrected chi connectivity index (χ0v) is 22.4. The standard InChI is InChI=1S/C28H27F3N6O2S/c1-2-20-7-3-4-8-24(20)34-27(40)35-26(38)32-17-5-6-19-9-11-21(12-10-19)25-33-18-37(36-25)22-13-15-23(16-14-22)39-28(29,30)31/h3-4,7-16,18H,2,5-6,17H2,1H3,(H3,32,34,35,38,40). The number of hydrogen-bond donors (Lipinski definition) is 3. The van der Waals surface area contributed by atoms with Crippen LogP contribution in [-0.2, 0) is 12.8 Å². The Morgan fingerprint density at radius 3 is 2.45 bits per heavy atom. The molecule has 0 aliphatic carbocycles. The topological polar surface area (TPSA) is 93.1 Å². The maximum absolute atomic E-state index is 12.4. The van der Waals surface area contributed by atoms with Gasteiger partial charge in [0.15, 0.2) is 10.9 Å². The Balaban J connectivity index is 1.21. The smallest absolute Gasteiger partial charge is 0.406 e. The molecule has 0 aliphatic rings. The Bertz CT molecular complexity index is 1440. The number of aryl methyl sites for hydroxylation is 2. The first-order chi connectivity index (χ1) is 19.2. The molecule has 0 spiro atoms. The van der Waals surface area contributed by atoms with E-state index in [0.717, 1.165) is 41.6 Å². The zero-order valence-electron chi connectivity index (χ0n) is 21.5. The molecule has 208 valence electrons. The summed E-state index contributed by atoms with van der Waals surface area (Å²) in [7, 11) is 0. The van der Waals surface area contributed by atoms with Crippen LogP contribution in [0.3, 0.4) is 0 Å². The van der Waals surface area contributed by atoms with Crippen molar-refractivity contribution in [1.82, 2.24) is 25.4 Å². The average molecular weight is 569 g/mol. The highest BCUT2D eigenvalue weighted by molar-refractivity contribution is 7.80. The summed E-state index contributed by atoms with van der Waals surface area (Å²) in [4.78, 5) is 16.5. The van der Waals surface area contributed by atoms with Crippen LogP contribution in [0.4, 0.5) is 23.7 Å². The van der Waals surface area contributed by atoms with Gasteiger partial charge in [-0.15, -0.1) is 18.3 Å². The number of hydrogen-bond acceptors (Lipinski definition) is 5. The van der Waals surface area contributed by atoms with E-state index in [0.29, 0.717) is 18.1 Å². The van der Waals surface area contributed by atoms with E-state index in [2.05, 4.69) is 30.8 Å². The number of alkyl halides is 3. The predicted molar refractivity (Wildman–Crippen MR) is 150 cm³/mol. The summed E-state index contributed by atoms with van der Waals surface area (Å²) >= 11 is 5.24. The summed E-state index contributed by atoms with van der Waals surface area (Å²) in [6.45, 7) is 2.52. The van der Waals surface area contributed by atoms with E-state index in [1.54, 1.807) is 0 Å². The summed E-state index contributed by atoms with van der Waals surface area (Å²) < 4.78 is 42.4. The largest absolute Gasteiger partial charge is 0.573 e. The van der Waals surface area contributed by atoms with Crippen LogP contribution in [0.25, 0.3) is 17.1 Å². The van der Waals surface area contributed by atoms with Crippen LogP contribution in [0.15, 0.2) is 79.1 Å². The normalized spacial score (nSPS) is 11.1. The van der Waals surface area contributed by atoms with Gasteiger partial charge in [-0.3, -0.25) is 5.32 Å². The van der Waals surface area contributed by atoms with Crippen molar-refractivity contribution in [1.29, 1.82) is 0 Å². The number of carbonyl (C=O) groups is 1. The van der Waals surface area contributed by atoms with Gasteiger partial charge in [0.1, 0.15) is 12.1 Å². The van der Waals surface area contributed by atoms with E-state index in [-0.39, 0.29) is 16.9 Å². The maximum Gasteiger partial charge on any atom is 0.573 e. The van der Waals surface area contributed by atoms with Crippen molar-refractivity contribution in [3.63, 3.8) is 0 Å². The number of ether oxygens (including phenoxy) is 1. The van der Waals surface area contributed by atoms with E-state index in [1.165, 1.54) is 35.3 Å². The lowest BCUT2D eigenvalue weighted by atomic mass is 10.1. The second-order valence-electron chi connectivity index (χ2n) is 8.70. The van der Waals surface area contributed by atoms with Gasteiger partial charge in [0.05, 0.1) is 5.69 Å². The molecule has 8 nitrogen and oxygen atoms in total. The van der Waals surface area contributed by atoms with Crippen molar-refractivity contribution in [2.24, 2.45) is 0 Å². The Kier molecular flexibility index (Phi) is 9.33. The minimum atomic E-state index is -4.74. The molecule has 0 saturated heterocycles. The highest BCUT2D eigenvalue weighted by Gasteiger charge is 2.31. The van der Waals surface area contributed by atoms with E-state index in [1.807, 2.05) is 55.5 Å². The molecule has 0 fully saturated rings. The average Bonchev–Trinajstić information content (AvgIpc) is 3.42. The SMILES string of the molecule is CCc1ccccc1NC(=S)NC(=O)NCCCc1ccc(-c2ncn(-c3ccc(OC(F)(F)F)cc3)n2)cc1. The van der Waals surface area contributed by atoms with E-state index in [4.69, 9.17) is 12.2 Å². The van der Waals surface area contributed by atoms with Crippen LogP contribution >= 0.6 is 12.2 Å². The number of rotatable bonds is 9. The molecule has 40 heavy (non-hydrogen) atoms. The second-order valence-corrected chi connectivity index (χ2v) is 9.11. The molecule has 4 rings (SSSR count). The van der Waals surface area contributed by atoms with Crippen LogP contribution in [0, 0.1) is 0 Å². The molecule has 0 radical (unpaired) electrons. The lowest BCUT2D eigenvalue weighted by Gasteiger charge is -2.13. The molecular formula is C28H27F3N6O2S. The molecule has 0 saturated carbocycles. The lowest BCUT2D eigenvalue weighted by molar-refractivity contribution is -0.274. The quantitative estimate of drug-likeness (QED) is 0.169. The van der Waals surface area contributed by atoms with Crippen LogP contribution in [0.2, 0.25) is 0 Å². The Hall–Kier alpha value is -4.45. The van der Waals surface area contributed by atoms with E-state index < -0.39 is 6.36 Å². The number of urea groups is 1. The van der Waals surface area contributed by atoms with Crippen molar-refractivity contribution in [3.05, 3.63) is 90.3 Å². The molecule has 1 aromatic heterocycles. The summed E-state index contributed by atoms with van der Waals surface area (Å²) in [5.74, 6) is 0.170. The van der Waals surface area contributed by atoms with Gasteiger partial charge in [-0.2, -0.15) is 0 Å². The molecule has 3 aromatic carbocycles. The van der Waals surface area contributed by atoms with Gasteiger partial charge in [-0.1, -0.05) is 49.4 Å². The van der Waals surface area contributed by atoms with Gasteiger partial charge < -0.3 is 15.4 Å². The number of nitrogens with zero attached hydrogens (tertiary/aromatic N) is 3. The van der Waals surface area contributed by atoms with Crippen molar-refractivity contribution in [2.75, 3.05) is 11.9 Å². The van der Waals surface area contributed by atoms with Gasteiger partial charge in [0.2, 0.25) is 0 Å². The third kappa shape index (κ3) is 8.27. The summed E-state index contributed by atoms with van der Waals surface area (Å²) in [5.41, 5.74) is 4.40. The Labute approximate surface area is 234 Å². The van der Waals surface area contributed by atoms with Crippen LogP contribution < -0.4 is 20.7 Å². The zero-order chi connectivity index (χ0) is 28.5. The molecule has 0 aliphatic heterocycles. The summed E-state index contributed by atoms with van der Waals surface area (Å²) in [6.07, 6.45) is -0.926. The lowest BCUT2D eigenvalue weighted by Crippen LogP contribution is -2.42. The monoisotopic (exact) mass is 568 g/mol. The Morgan fingerprint density at radius 2 is 1.75 bits per heavy atom. The number of anilines is 1. The number of benzene rings is 3. The number of carbonyl (C=O) groups excluding carboxylic acids is 1. The van der Waals surface area contributed by atoms with Gasteiger partial charge in [0.25, 0.3) is 0 Å². The molecule has 0 bridgehead atoms. The third-order valence-electron chi connectivity index (χ3n) is 5.84. The molecule has 1 heterocycles. The van der Waals surface area contributed by atoms with Crippen molar-refractivity contribution in [3.8, 4) is 22.8 Å². The minimum Gasteiger partial charge on any atom is -0.406 e. The third-order valence-corrected chi connectivity index (χ3v) is 6.04. The number of nitrogens with one attached hydrogen (secondary N) is 3. The number of aromatic nitrogens is 3. The summed E-state index contributed by atoms with van der Waals surface area (Å²) in [5, 5.41) is 13.1. The van der Waals surface area contributed by atoms with Crippen LogP contribution in [0.1, 0.15) is 24.5 Å². The van der Waals surface area contributed by atoms with Gasteiger partial charge in [0, 0.05) is 17.8 Å². The van der Waals surface area contributed by atoms with Crippen LogP contribution in [-0.4, -0.2) is 38.8 Å². The maximum atomic E-state index is 12.4. The second kappa shape index (κ2) is 13.1. The Morgan fingerprint density at radius 1 is 1.02 bits per heavy atom. The fourth-order valence-electron chi connectivity index (χ4n) is 3.89. The predicted octanol–water partition coefficient (Wildman–Crippen LogP) is 6.02. The van der Waals surface area contributed by atoms with Gasteiger partial charge in [-0.05, 0) is 72.9 Å². The first-order valence-corrected chi connectivity index (χ1v) is 12.9. The van der Waals surface area contributed by atoms with E-state index in [9.17, 15) is 18.0 Å². The van der Waals surface area contributed by atoms with Crippen LogP contribution in [0.5, 0.6) is 5.75 Å². The number of para-hydroxylation sites is 1. The van der Waals surface area contributed by atoms with Gasteiger partial charge in [-0.25, -0.2) is 14.5 Å².